The van der Waals surface area contributed by atoms with Crippen LogP contribution in [0.3, 0.4) is 0 Å². The summed E-state index contributed by atoms with van der Waals surface area (Å²) in [7, 11) is -9.92. The summed E-state index contributed by atoms with van der Waals surface area (Å²) in [5, 5.41) is 10.6. The Morgan fingerprint density at radius 1 is 0.351 bits per heavy atom. The van der Waals surface area contributed by atoms with Gasteiger partial charge in [-0.15, -0.1) is 0 Å². The van der Waals surface area contributed by atoms with E-state index in [1.807, 2.05) is 0 Å². The molecule has 7 atom stereocenters. The quantitative estimate of drug-likeness (QED) is 0.0169. The zero-order valence-electron chi connectivity index (χ0n) is 60.9. The maximum Gasteiger partial charge on any atom is 0.472 e. The Kier molecular flexibility index (Phi) is 63.5. The highest BCUT2D eigenvalue weighted by molar-refractivity contribution is 7.47. The third-order valence-electron chi connectivity index (χ3n) is 17.5. The van der Waals surface area contributed by atoms with Gasteiger partial charge < -0.3 is 33.8 Å². The number of rotatable bonds is 71. The van der Waals surface area contributed by atoms with E-state index in [9.17, 15) is 43.2 Å². The topological polar surface area (TPSA) is 237 Å². The molecule has 0 fully saturated rings. The van der Waals surface area contributed by atoms with Crippen LogP contribution in [-0.2, 0) is 65.4 Å². The predicted octanol–water partition coefficient (Wildman–Crippen LogP) is 21.3. The van der Waals surface area contributed by atoms with Gasteiger partial charge in [0.1, 0.15) is 19.3 Å². The third kappa shape index (κ3) is 65.5. The summed E-state index contributed by atoms with van der Waals surface area (Å²) in [5.74, 6) is 0.161. The van der Waals surface area contributed by atoms with Gasteiger partial charge >= 0.3 is 39.5 Å². The zero-order chi connectivity index (χ0) is 69.4. The normalized spacial score (nSPS) is 14.8. The number of phosphoric acid groups is 2. The average Bonchev–Trinajstić information content (AvgIpc) is 1.39. The first-order valence-electron chi connectivity index (χ1n) is 38.2. The number of carbonyl (C=O) groups is 4. The molecule has 0 aromatic carbocycles. The first-order chi connectivity index (χ1) is 45.3. The highest BCUT2D eigenvalue weighted by Gasteiger charge is 2.30. The van der Waals surface area contributed by atoms with Crippen molar-refractivity contribution in [1.29, 1.82) is 0 Å². The standard InChI is InChI=1S/C75H142O17P2/c1-8-11-12-13-14-15-16-17-18-19-23-30-35-44-51-58-74(79)91-70(62-85-72(77)56-49-42-34-29-26-25-28-33-40-47-54-67(6)9-2)64-89-93(81,82)87-60-69(76)61-88-94(83,84)90-65-71(63-86-73(78)57-50-43-38-37-41-48-55-68(7)10-3)92-75(80)59-52-45-36-31-24-21-20-22-27-32-39-46-53-66(4)5/h15-18,66-71,76H,8-14,19-65H2,1-7H3,(H,81,82)(H,83,84)/b16-15-,18-17-/t67?,68?,69-,70-,71-/m1/s1. The fraction of sp³-hybridized carbons (Fsp3) is 0.893. The molecule has 0 aliphatic carbocycles. The maximum atomic E-state index is 13.1. The van der Waals surface area contributed by atoms with E-state index >= 15 is 0 Å². The first-order valence-corrected chi connectivity index (χ1v) is 41.2. The lowest BCUT2D eigenvalue weighted by atomic mass is 9.99. The van der Waals surface area contributed by atoms with Crippen molar-refractivity contribution in [3.05, 3.63) is 24.3 Å². The Balaban J connectivity index is 5.30. The second-order valence-corrected chi connectivity index (χ2v) is 30.2. The van der Waals surface area contributed by atoms with Crippen molar-refractivity contribution in [3.8, 4) is 0 Å². The summed E-state index contributed by atoms with van der Waals surface area (Å²) < 4.78 is 68.4. The Labute approximate surface area is 573 Å². The van der Waals surface area contributed by atoms with Crippen molar-refractivity contribution in [1.82, 2.24) is 0 Å². The molecule has 94 heavy (non-hydrogen) atoms. The first kappa shape index (κ1) is 91.5. The number of aliphatic hydroxyl groups excluding tert-OH is 1. The van der Waals surface area contributed by atoms with Gasteiger partial charge in [0.25, 0.3) is 0 Å². The molecule has 0 aromatic rings. The van der Waals surface area contributed by atoms with Crippen molar-refractivity contribution >= 4 is 39.5 Å². The summed E-state index contributed by atoms with van der Waals surface area (Å²) in [6.07, 6.45) is 53.4. The van der Waals surface area contributed by atoms with Gasteiger partial charge in [-0.25, -0.2) is 9.13 Å². The number of aliphatic hydroxyl groups is 1. The molecule has 0 spiro atoms. The molecule has 0 aliphatic rings. The highest BCUT2D eigenvalue weighted by Crippen LogP contribution is 2.45. The van der Waals surface area contributed by atoms with Crippen molar-refractivity contribution in [3.63, 3.8) is 0 Å². The molecule has 0 heterocycles. The van der Waals surface area contributed by atoms with Crippen molar-refractivity contribution < 1.29 is 80.2 Å². The van der Waals surface area contributed by atoms with Crippen LogP contribution in [0.25, 0.3) is 0 Å². The molecule has 0 aliphatic heterocycles. The lowest BCUT2D eigenvalue weighted by molar-refractivity contribution is -0.161. The third-order valence-corrected chi connectivity index (χ3v) is 19.4. The van der Waals surface area contributed by atoms with Crippen LogP contribution in [0.15, 0.2) is 24.3 Å². The summed E-state index contributed by atoms with van der Waals surface area (Å²) >= 11 is 0. The highest BCUT2D eigenvalue weighted by atomic mass is 31.2. The molecule has 17 nitrogen and oxygen atoms in total. The minimum atomic E-state index is -4.96. The summed E-state index contributed by atoms with van der Waals surface area (Å²) in [6.45, 7) is 11.8. The number of hydrogen-bond acceptors (Lipinski definition) is 15. The number of ether oxygens (including phenoxy) is 4. The van der Waals surface area contributed by atoms with E-state index in [1.165, 1.54) is 148 Å². The Morgan fingerprint density at radius 2 is 0.628 bits per heavy atom. The molecule has 554 valence electrons. The van der Waals surface area contributed by atoms with E-state index < -0.39 is 97.5 Å². The molecule has 0 amide bonds. The van der Waals surface area contributed by atoms with E-state index in [0.717, 1.165) is 127 Å². The molecule has 19 heteroatoms. The fourth-order valence-corrected chi connectivity index (χ4v) is 12.4. The van der Waals surface area contributed by atoms with Crippen LogP contribution in [0.1, 0.15) is 357 Å². The Morgan fingerprint density at radius 3 is 0.947 bits per heavy atom. The number of allylic oxidation sites excluding steroid dienone is 4. The average molecular weight is 1380 g/mol. The number of hydrogen-bond donors (Lipinski definition) is 3. The lowest BCUT2D eigenvalue weighted by Gasteiger charge is -2.21. The molecule has 0 saturated heterocycles. The van der Waals surface area contributed by atoms with Crippen LogP contribution in [0.2, 0.25) is 0 Å². The largest absolute Gasteiger partial charge is 0.472 e. The SMILES string of the molecule is CCCCCC/C=C\C=C/CCCCCCCC(=O)O[C@H](COC(=O)CCCCCCCCCCCCC(C)CC)COP(=O)(O)OC[C@@H](O)COP(=O)(O)OC[C@@H](COC(=O)CCCCCCCCC(C)CC)OC(=O)CCCCCCCCCCCCCCC(C)C. The van der Waals surface area contributed by atoms with E-state index in [4.69, 9.17) is 37.0 Å². The van der Waals surface area contributed by atoms with Crippen LogP contribution in [-0.4, -0.2) is 96.7 Å². The van der Waals surface area contributed by atoms with Gasteiger partial charge in [-0.2, -0.15) is 0 Å². The molecule has 0 saturated carbocycles. The maximum absolute atomic E-state index is 13.1. The Bertz CT molecular complexity index is 1930. The molecular weight excluding hydrogens is 1230 g/mol. The van der Waals surface area contributed by atoms with Crippen molar-refractivity contribution in [2.75, 3.05) is 39.6 Å². The summed E-state index contributed by atoms with van der Waals surface area (Å²) in [4.78, 5) is 72.8. The van der Waals surface area contributed by atoms with Gasteiger partial charge in [-0.05, 0) is 69.1 Å². The zero-order valence-corrected chi connectivity index (χ0v) is 62.7. The van der Waals surface area contributed by atoms with Gasteiger partial charge in [0.05, 0.1) is 26.4 Å². The van der Waals surface area contributed by atoms with Crippen LogP contribution in [0.5, 0.6) is 0 Å². The van der Waals surface area contributed by atoms with Crippen LogP contribution in [0.4, 0.5) is 0 Å². The molecule has 0 radical (unpaired) electrons. The minimum Gasteiger partial charge on any atom is -0.462 e. The van der Waals surface area contributed by atoms with E-state index in [0.29, 0.717) is 25.7 Å². The molecule has 0 aromatic heterocycles. The van der Waals surface area contributed by atoms with Gasteiger partial charge in [-0.1, -0.05) is 304 Å². The van der Waals surface area contributed by atoms with Crippen LogP contribution >= 0.6 is 15.6 Å². The summed E-state index contributed by atoms with van der Waals surface area (Å²) in [5.41, 5.74) is 0. The lowest BCUT2D eigenvalue weighted by Crippen LogP contribution is -2.30. The van der Waals surface area contributed by atoms with Gasteiger partial charge in [0, 0.05) is 25.7 Å². The van der Waals surface area contributed by atoms with E-state index in [-0.39, 0.29) is 25.7 Å². The van der Waals surface area contributed by atoms with Crippen LogP contribution < -0.4 is 0 Å². The number of esters is 4. The van der Waals surface area contributed by atoms with Crippen molar-refractivity contribution in [2.24, 2.45) is 17.8 Å². The minimum absolute atomic E-state index is 0.0845. The smallest absolute Gasteiger partial charge is 0.462 e. The molecular formula is C75H142O17P2. The number of unbranched alkanes of at least 4 members (excludes halogenated alkanes) is 34. The van der Waals surface area contributed by atoms with Gasteiger partial charge in [-0.3, -0.25) is 37.3 Å². The molecule has 4 unspecified atom stereocenters. The second kappa shape index (κ2) is 65.2. The molecule has 0 bridgehead atoms. The number of phosphoric ester groups is 2. The van der Waals surface area contributed by atoms with E-state index in [1.54, 1.807) is 0 Å². The Hall–Kier alpha value is -2.46. The van der Waals surface area contributed by atoms with Gasteiger partial charge in [0.2, 0.25) is 0 Å². The van der Waals surface area contributed by atoms with Gasteiger partial charge in [0.15, 0.2) is 12.2 Å². The molecule has 3 N–H and O–H groups in total. The molecule has 0 rings (SSSR count). The van der Waals surface area contributed by atoms with Crippen LogP contribution in [0, 0.1) is 17.8 Å². The van der Waals surface area contributed by atoms with Crippen molar-refractivity contribution in [2.45, 2.75) is 375 Å². The second-order valence-electron chi connectivity index (χ2n) is 27.3. The number of carbonyl (C=O) groups excluding carboxylic acids is 4. The summed E-state index contributed by atoms with van der Waals surface area (Å²) in [6, 6.07) is 0. The predicted molar refractivity (Wildman–Crippen MR) is 381 cm³/mol. The fourth-order valence-electron chi connectivity index (χ4n) is 10.8. The monoisotopic (exact) mass is 1380 g/mol. The van der Waals surface area contributed by atoms with E-state index in [2.05, 4.69) is 72.8 Å².